The number of allylic oxidation sites excluding steroid dienone is 1. The number of ether oxygens (including phenoxy) is 1. The normalized spacial score (nSPS) is 12.4. The van der Waals surface area contributed by atoms with E-state index in [0.29, 0.717) is 36.2 Å². The largest absolute Gasteiger partial charge is 0.464 e. The number of hydrogen-bond acceptors (Lipinski definition) is 6. The minimum Gasteiger partial charge on any atom is -0.464 e. The van der Waals surface area contributed by atoms with Crippen LogP contribution in [0.1, 0.15) is 37.9 Å². The van der Waals surface area contributed by atoms with Gasteiger partial charge in [-0.05, 0) is 27.7 Å². The van der Waals surface area contributed by atoms with Crippen LogP contribution in [0.2, 0.25) is 0 Å². The maximum absolute atomic E-state index is 12.3. The Morgan fingerprint density at radius 2 is 2.11 bits per heavy atom. The molecule has 0 aliphatic carbocycles. The fourth-order valence-electron chi connectivity index (χ4n) is 2.86. The van der Waals surface area contributed by atoms with Crippen molar-refractivity contribution in [1.29, 1.82) is 0 Å². The first-order valence-electron chi connectivity index (χ1n) is 9.21. The summed E-state index contributed by atoms with van der Waals surface area (Å²) < 4.78 is 21.7. The number of imidazole rings is 1. The summed E-state index contributed by atoms with van der Waals surface area (Å²) in [7, 11) is 0. The molecule has 0 fully saturated rings. The van der Waals surface area contributed by atoms with Gasteiger partial charge in [-0.1, -0.05) is 0 Å². The Balaban J connectivity index is 2.15. The van der Waals surface area contributed by atoms with Crippen LogP contribution in [0.3, 0.4) is 0 Å². The van der Waals surface area contributed by atoms with E-state index in [9.17, 15) is 4.39 Å². The monoisotopic (exact) mass is 385 g/mol. The smallest absolute Gasteiger partial charge is 0.318 e. The summed E-state index contributed by atoms with van der Waals surface area (Å²) in [6.07, 6.45) is 6.63. The summed E-state index contributed by atoms with van der Waals surface area (Å²) in [5.41, 5.74) is 3.93. The lowest BCUT2D eigenvalue weighted by atomic mass is 10.3. The molecular formula is C19H24FN7O. The molecule has 0 radical (unpaired) electrons. The molecular weight excluding hydrogens is 361 g/mol. The molecule has 0 aliphatic rings. The molecule has 28 heavy (non-hydrogen) atoms. The van der Waals surface area contributed by atoms with Crippen LogP contribution in [0, 0.1) is 6.92 Å². The number of aromatic nitrogens is 6. The van der Waals surface area contributed by atoms with Crippen LogP contribution < -0.4 is 4.74 Å². The second-order valence-electron chi connectivity index (χ2n) is 6.22. The van der Waals surface area contributed by atoms with Crippen LogP contribution in [-0.4, -0.2) is 48.8 Å². The summed E-state index contributed by atoms with van der Waals surface area (Å²) >= 11 is 0. The van der Waals surface area contributed by atoms with Gasteiger partial charge in [-0.3, -0.25) is 9.67 Å². The van der Waals surface area contributed by atoms with Crippen molar-refractivity contribution in [1.82, 2.24) is 29.3 Å². The van der Waals surface area contributed by atoms with Crippen molar-refractivity contribution in [2.24, 2.45) is 4.99 Å². The van der Waals surface area contributed by atoms with E-state index in [1.54, 1.807) is 6.20 Å². The summed E-state index contributed by atoms with van der Waals surface area (Å²) in [4.78, 5) is 17.7. The van der Waals surface area contributed by atoms with Crippen molar-refractivity contribution in [2.45, 2.75) is 40.8 Å². The van der Waals surface area contributed by atoms with E-state index in [0.717, 1.165) is 23.4 Å². The van der Waals surface area contributed by atoms with Crippen LogP contribution >= 0.6 is 0 Å². The summed E-state index contributed by atoms with van der Waals surface area (Å²) in [6, 6.07) is 0.321. The fourth-order valence-corrected chi connectivity index (χ4v) is 2.86. The van der Waals surface area contributed by atoms with E-state index in [2.05, 4.69) is 20.1 Å². The predicted molar refractivity (Wildman–Crippen MR) is 106 cm³/mol. The van der Waals surface area contributed by atoms with Gasteiger partial charge in [-0.25, -0.2) is 9.37 Å². The zero-order valence-corrected chi connectivity index (χ0v) is 16.6. The van der Waals surface area contributed by atoms with Crippen LogP contribution in [0.4, 0.5) is 4.39 Å². The molecule has 0 aliphatic heterocycles. The van der Waals surface area contributed by atoms with Gasteiger partial charge in [0.05, 0.1) is 25.0 Å². The minimum absolute atomic E-state index is 0.321. The van der Waals surface area contributed by atoms with Crippen molar-refractivity contribution in [3.63, 3.8) is 0 Å². The van der Waals surface area contributed by atoms with Crippen molar-refractivity contribution in [3.05, 3.63) is 35.7 Å². The molecule has 9 heteroatoms. The van der Waals surface area contributed by atoms with Crippen LogP contribution in [0.15, 0.2) is 23.6 Å². The van der Waals surface area contributed by atoms with Crippen LogP contribution in [-0.2, 0) is 13.1 Å². The van der Waals surface area contributed by atoms with Crippen molar-refractivity contribution in [2.75, 3.05) is 13.3 Å². The van der Waals surface area contributed by atoms with E-state index in [1.807, 2.05) is 49.3 Å². The highest BCUT2D eigenvalue weighted by atomic mass is 19.1. The fraction of sp³-hybridized carbons (Fsp3) is 0.421. The van der Waals surface area contributed by atoms with Gasteiger partial charge in [0, 0.05) is 36.3 Å². The van der Waals surface area contributed by atoms with Gasteiger partial charge in [0.1, 0.15) is 18.0 Å². The van der Waals surface area contributed by atoms with Gasteiger partial charge >= 0.3 is 6.01 Å². The number of aryl methyl sites for hydroxylation is 2. The second kappa shape index (κ2) is 8.73. The molecule has 8 nitrogen and oxygen atoms in total. The highest BCUT2D eigenvalue weighted by molar-refractivity contribution is 5.78. The third kappa shape index (κ3) is 4.08. The molecule has 0 aromatic carbocycles. The van der Waals surface area contributed by atoms with E-state index in [-0.39, 0.29) is 0 Å². The van der Waals surface area contributed by atoms with Gasteiger partial charge < -0.3 is 9.30 Å². The number of aliphatic imine (C=N–C) groups is 1. The second-order valence-corrected chi connectivity index (χ2v) is 6.22. The summed E-state index contributed by atoms with van der Waals surface area (Å²) in [6.45, 7) is 8.88. The first-order valence-corrected chi connectivity index (χ1v) is 9.21. The third-order valence-electron chi connectivity index (χ3n) is 4.17. The lowest BCUT2D eigenvalue weighted by Gasteiger charge is -2.08. The molecule has 0 saturated carbocycles. The molecule has 148 valence electrons. The summed E-state index contributed by atoms with van der Waals surface area (Å²) in [5, 5.41) is 4.34. The van der Waals surface area contributed by atoms with Gasteiger partial charge in [0.15, 0.2) is 5.65 Å². The molecule has 3 aromatic heterocycles. The number of nitrogens with zero attached hydrogens (tertiary/aromatic N) is 7. The first kappa shape index (κ1) is 19.7. The Labute approximate surface area is 162 Å². The molecule has 0 spiro atoms. The average Bonchev–Trinajstić information content (AvgIpc) is 3.28. The first-order chi connectivity index (χ1) is 13.6. The van der Waals surface area contributed by atoms with E-state index in [1.165, 1.54) is 6.21 Å². The number of alkyl halides is 1. The van der Waals surface area contributed by atoms with Gasteiger partial charge in [0.2, 0.25) is 0 Å². The quantitative estimate of drug-likeness (QED) is 0.556. The third-order valence-corrected chi connectivity index (χ3v) is 4.17. The predicted octanol–water partition coefficient (Wildman–Crippen LogP) is 3.20. The highest BCUT2D eigenvalue weighted by Crippen LogP contribution is 2.25. The molecule has 0 amide bonds. The molecule has 0 saturated heterocycles. The highest BCUT2D eigenvalue weighted by Gasteiger charge is 2.18. The number of rotatable bonds is 8. The maximum atomic E-state index is 12.3. The number of fused-ring (bicyclic) bond motifs is 1. The zero-order valence-electron chi connectivity index (χ0n) is 16.6. The van der Waals surface area contributed by atoms with Gasteiger partial charge in [0.25, 0.3) is 0 Å². The van der Waals surface area contributed by atoms with Gasteiger partial charge in [-0.2, -0.15) is 15.1 Å². The van der Waals surface area contributed by atoms with Crippen LogP contribution in [0.5, 0.6) is 6.01 Å². The maximum Gasteiger partial charge on any atom is 0.318 e. The van der Waals surface area contributed by atoms with E-state index in [4.69, 9.17) is 9.72 Å². The van der Waals surface area contributed by atoms with Crippen molar-refractivity contribution < 1.29 is 9.13 Å². The Bertz CT molecular complexity index is 1020. The lowest BCUT2D eigenvalue weighted by molar-refractivity contribution is 0.313. The van der Waals surface area contributed by atoms with Gasteiger partial charge in [-0.15, -0.1) is 0 Å². The summed E-state index contributed by atoms with van der Waals surface area (Å²) in [5.74, 6) is 0.696. The lowest BCUT2D eigenvalue weighted by Crippen LogP contribution is -2.06. The van der Waals surface area contributed by atoms with Crippen molar-refractivity contribution >= 4 is 23.0 Å². The Hall–Kier alpha value is -3.10. The molecule has 0 N–H and O–H groups in total. The molecule has 0 bridgehead atoms. The van der Waals surface area contributed by atoms with E-state index < -0.39 is 6.67 Å². The topological polar surface area (TPSA) is 83.0 Å². The Morgan fingerprint density at radius 1 is 1.29 bits per heavy atom. The molecule has 0 atom stereocenters. The SMILES string of the molecule is CCOc1nc(C)c2nc(/C(C)=C/N=C\CF)n(Cc3cnn(CC)c3)c2n1. The standard InChI is InChI=1S/C19H24FN7O/c1-5-26-11-15(10-22-26)12-27-17(13(3)9-21-8-7-20)24-16-14(4)23-19(28-6-2)25-18(16)27/h8-11H,5-7,12H2,1-4H3/b13-9+,21-8-. The Kier molecular flexibility index (Phi) is 6.13. The average molecular weight is 385 g/mol. The van der Waals surface area contributed by atoms with Crippen LogP contribution in [0.25, 0.3) is 16.7 Å². The molecule has 3 rings (SSSR count). The minimum atomic E-state index is -0.612. The number of halogens is 1. The zero-order chi connectivity index (χ0) is 20.1. The molecule has 0 unspecified atom stereocenters. The molecule has 3 heterocycles. The molecule has 3 aromatic rings. The van der Waals surface area contributed by atoms with E-state index >= 15 is 0 Å². The Morgan fingerprint density at radius 3 is 2.79 bits per heavy atom. The number of hydrogen-bond donors (Lipinski definition) is 0. The van der Waals surface area contributed by atoms with Crippen molar-refractivity contribution in [3.8, 4) is 6.01 Å².